The third-order valence-corrected chi connectivity index (χ3v) is 7.00. The summed E-state index contributed by atoms with van der Waals surface area (Å²) < 4.78 is 27.0. The van der Waals surface area contributed by atoms with Crippen LogP contribution in [0.25, 0.3) is 11.0 Å². The molecule has 9 nitrogen and oxygen atoms in total. The SMILES string of the molecule is COc1ccc(C(C(=O)NC2CCCC2)N(C(=O)Cn2nnc3ccccc32)c2cccc(F)c2)c(OC)c1. The second-order valence-corrected chi connectivity index (χ2v) is 9.48. The number of benzene rings is 3. The number of carbonyl (C=O) groups is 2. The van der Waals surface area contributed by atoms with E-state index in [9.17, 15) is 14.0 Å². The lowest BCUT2D eigenvalue weighted by Gasteiger charge is -2.33. The second kappa shape index (κ2) is 11.5. The van der Waals surface area contributed by atoms with E-state index in [2.05, 4.69) is 15.6 Å². The van der Waals surface area contributed by atoms with E-state index in [0.717, 1.165) is 25.7 Å². The van der Waals surface area contributed by atoms with Gasteiger partial charge in [-0.15, -0.1) is 5.10 Å². The molecule has 5 rings (SSSR count). The van der Waals surface area contributed by atoms with E-state index in [-0.39, 0.29) is 24.2 Å². The van der Waals surface area contributed by atoms with E-state index in [0.29, 0.717) is 28.1 Å². The van der Waals surface area contributed by atoms with Crippen molar-refractivity contribution >= 4 is 28.5 Å². The number of methoxy groups -OCH3 is 2. The molecule has 202 valence electrons. The lowest BCUT2D eigenvalue weighted by molar-refractivity contribution is -0.127. The van der Waals surface area contributed by atoms with Gasteiger partial charge in [-0.2, -0.15) is 0 Å². The smallest absolute Gasteiger partial charge is 0.249 e. The van der Waals surface area contributed by atoms with Crippen LogP contribution in [0.3, 0.4) is 0 Å². The Kier molecular flexibility index (Phi) is 7.72. The molecule has 1 aliphatic carbocycles. The van der Waals surface area contributed by atoms with Gasteiger partial charge >= 0.3 is 0 Å². The van der Waals surface area contributed by atoms with Crippen LogP contribution in [0.15, 0.2) is 66.7 Å². The molecule has 0 radical (unpaired) electrons. The zero-order valence-corrected chi connectivity index (χ0v) is 21.8. The van der Waals surface area contributed by atoms with Crippen molar-refractivity contribution in [3.8, 4) is 11.5 Å². The minimum atomic E-state index is -1.16. The number of amides is 2. The zero-order chi connectivity index (χ0) is 27.4. The number of fused-ring (bicyclic) bond motifs is 1. The molecule has 1 fully saturated rings. The number of hydrogen-bond acceptors (Lipinski definition) is 6. The van der Waals surface area contributed by atoms with E-state index in [1.807, 2.05) is 18.2 Å². The van der Waals surface area contributed by atoms with E-state index >= 15 is 0 Å². The van der Waals surface area contributed by atoms with Gasteiger partial charge in [0.1, 0.15) is 35.4 Å². The summed E-state index contributed by atoms with van der Waals surface area (Å²) >= 11 is 0. The summed E-state index contributed by atoms with van der Waals surface area (Å²) in [5.74, 6) is -0.495. The van der Waals surface area contributed by atoms with Crippen molar-refractivity contribution in [3.63, 3.8) is 0 Å². The van der Waals surface area contributed by atoms with Crippen molar-refractivity contribution in [1.29, 1.82) is 0 Å². The molecule has 1 atom stereocenters. The molecule has 10 heteroatoms. The Balaban J connectivity index is 1.62. The molecule has 1 aromatic heterocycles. The first-order valence-electron chi connectivity index (χ1n) is 12.9. The summed E-state index contributed by atoms with van der Waals surface area (Å²) in [6, 6.07) is 16.8. The van der Waals surface area contributed by atoms with Gasteiger partial charge in [0.05, 0.1) is 19.7 Å². The van der Waals surface area contributed by atoms with Crippen molar-refractivity contribution in [2.75, 3.05) is 19.1 Å². The summed E-state index contributed by atoms with van der Waals surface area (Å²) in [5.41, 5.74) is 1.97. The topological polar surface area (TPSA) is 98.6 Å². The number of nitrogens with one attached hydrogen (secondary N) is 1. The molecule has 1 saturated carbocycles. The average molecular weight is 532 g/mol. The average Bonchev–Trinajstić information content (AvgIpc) is 3.61. The number of hydrogen-bond donors (Lipinski definition) is 1. The molecule has 0 bridgehead atoms. The first kappa shape index (κ1) is 26.1. The highest BCUT2D eigenvalue weighted by Crippen LogP contribution is 2.36. The molecule has 0 aliphatic heterocycles. The molecule has 1 aliphatic rings. The molecule has 0 spiro atoms. The third-order valence-electron chi connectivity index (χ3n) is 7.00. The Morgan fingerprint density at radius 2 is 1.85 bits per heavy atom. The lowest BCUT2D eigenvalue weighted by Crippen LogP contribution is -2.47. The highest BCUT2D eigenvalue weighted by Gasteiger charge is 2.36. The Labute approximate surface area is 225 Å². The largest absolute Gasteiger partial charge is 0.497 e. The second-order valence-electron chi connectivity index (χ2n) is 9.48. The Morgan fingerprint density at radius 1 is 1.05 bits per heavy atom. The van der Waals surface area contributed by atoms with Gasteiger partial charge in [0.25, 0.3) is 0 Å². The number of aromatic nitrogens is 3. The van der Waals surface area contributed by atoms with Crippen molar-refractivity contribution in [3.05, 3.63) is 78.1 Å². The highest BCUT2D eigenvalue weighted by molar-refractivity contribution is 6.02. The van der Waals surface area contributed by atoms with E-state index < -0.39 is 17.8 Å². The number of ether oxygens (including phenoxy) is 2. The fraction of sp³-hybridized carbons (Fsp3) is 0.310. The maximum Gasteiger partial charge on any atom is 0.249 e. The predicted octanol–water partition coefficient (Wildman–Crippen LogP) is 4.42. The van der Waals surface area contributed by atoms with E-state index in [1.54, 1.807) is 30.3 Å². The normalized spacial score (nSPS) is 14.2. The van der Waals surface area contributed by atoms with E-state index in [4.69, 9.17) is 9.47 Å². The summed E-state index contributed by atoms with van der Waals surface area (Å²) in [6.07, 6.45) is 3.76. The third kappa shape index (κ3) is 5.55. The van der Waals surface area contributed by atoms with Gasteiger partial charge in [0.15, 0.2) is 0 Å². The number of halogens is 1. The fourth-order valence-corrected chi connectivity index (χ4v) is 5.09. The number of nitrogens with zero attached hydrogens (tertiary/aromatic N) is 4. The van der Waals surface area contributed by atoms with Crippen molar-refractivity contribution in [1.82, 2.24) is 20.3 Å². The fourth-order valence-electron chi connectivity index (χ4n) is 5.09. The van der Waals surface area contributed by atoms with Gasteiger partial charge in [0.2, 0.25) is 11.8 Å². The van der Waals surface area contributed by atoms with Crippen LogP contribution in [0, 0.1) is 5.82 Å². The Morgan fingerprint density at radius 3 is 2.59 bits per heavy atom. The van der Waals surface area contributed by atoms with Gasteiger partial charge in [-0.1, -0.05) is 36.3 Å². The summed E-state index contributed by atoms with van der Waals surface area (Å²) in [4.78, 5) is 29.4. The Bertz CT molecular complexity index is 1480. The van der Waals surface area contributed by atoms with Gasteiger partial charge < -0.3 is 14.8 Å². The minimum absolute atomic E-state index is 0.00652. The highest BCUT2D eigenvalue weighted by atomic mass is 19.1. The number of carbonyl (C=O) groups excluding carboxylic acids is 2. The monoisotopic (exact) mass is 531 g/mol. The summed E-state index contributed by atoms with van der Waals surface area (Å²) in [6.45, 7) is -0.220. The molecule has 0 saturated heterocycles. The first-order valence-corrected chi connectivity index (χ1v) is 12.9. The van der Waals surface area contributed by atoms with Crippen LogP contribution in [0.1, 0.15) is 37.3 Å². The maximum atomic E-state index is 14.5. The number of anilines is 1. The molecule has 1 N–H and O–H groups in total. The van der Waals surface area contributed by atoms with Gasteiger partial charge in [-0.3, -0.25) is 14.5 Å². The molecule has 1 unspecified atom stereocenters. The van der Waals surface area contributed by atoms with Gasteiger partial charge in [0, 0.05) is 23.4 Å². The molecule has 1 heterocycles. The number of rotatable bonds is 9. The van der Waals surface area contributed by atoms with Gasteiger partial charge in [-0.25, -0.2) is 9.07 Å². The zero-order valence-electron chi connectivity index (χ0n) is 21.8. The van der Waals surface area contributed by atoms with Gasteiger partial charge in [-0.05, 0) is 55.3 Å². The van der Waals surface area contributed by atoms with Crippen LogP contribution in [0.5, 0.6) is 11.5 Å². The van der Waals surface area contributed by atoms with Crippen LogP contribution >= 0.6 is 0 Å². The summed E-state index contributed by atoms with van der Waals surface area (Å²) in [7, 11) is 3.02. The van der Waals surface area contributed by atoms with Crippen molar-refractivity contribution in [2.45, 2.75) is 44.3 Å². The standard InChI is InChI=1S/C29H30FN5O4/c1-38-22-14-15-23(26(17-22)39-2)28(29(37)31-20-9-3-4-10-20)35(21-11-7-8-19(30)16-21)27(36)18-34-25-13-6-5-12-24(25)32-33-34/h5-8,11-17,20,28H,3-4,9-10,18H2,1-2H3,(H,31,37). The molecule has 3 aromatic carbocycles. The quantitative estimate of drug-likeness (QED) is 0.343. The van der Waals surface area contributed by atoms with Crippen molar-refractivity contribution < 1.29 is 23.5 Å². The summed E-state index contributed by atoms with van der Waals surface area (Å²) in [5, 5.41) is 11.4. The predicted molar refractivity (Wildman–Crippen MR) is 144 cm³/mol. The van der Waals surface area contributed by atoms with Crippen LogP contribution in [0.4, 0.5) is 10.1 Å². The van der Waals surface area contributed by atoms with Crippen molar-refractivity contribution in [2.24, 2.45) is 0 Å². The first-order chi connectivity index (χ1) is 19.0. The van der Waals surface area contributed by atoms with Crippen LogP contribution < -0.4 is 19.7 Å². The lowest BCUT2D eigenvalue weighted by atomic mass is 10.0. The van der Waals surface area contributed by atoms with Crippen LogP contribution in [-0.4, -0.2) is 47.1 Å². The Hall–Kier alpha value is -4.47. The molecular formula is C29H30FN5O4. The minimum Gasteiger partial charge on any atom is -0.497 e. The van der Waals surface area contributed by atoms with Crippen LogP contribution in [-0.2, 0) is 16.1 Å². The molecular weight excluding hydrogens is 501 g/mol. The maximum absolute atomic E-state index is 14.5. The molecule has 4 aromatic rings. The number of para-hydroxylation sites is 1. The van der Waals surface area contributed by atoms with E-state index in [1.165, 1.54) is 42.0 Å². The van der Waals surface area contributed by atoms with Crippen LogP contribution in [0.2, 0.25) is 0 Å². The molecule has 2 amide bonds. The molecule has 39 heavy (non-hydrogen) atoms.